The molecule has 0 saturated heterocycles. The molecular formula is C12H14N2. The van der Waals surface area contributed by atoms with Crippen LogP contribution in [0.1, 0.15) is 11.1 Å². The number of nitrogens with zero attached hydrogens (tertiary/aromatic N) is 2. The Bertz CT molecular complexity index is 435. The lowest BCUT2D eigenvalue weighted by molar-refractivity contribution is 0.775. The first-order valence-electron chi connectivity index (χ1n) is 4.75. The van der Waals surface area contributed by atoms with Crippen LogP contribution >= 0.6 is 0 Å². The van der Waals surface area contributed by atoms with Gasteiger partial charge in [-0.3, -0.25) is 4.68 Å². The highest BCUT2D eigenvalue weighted by Crippen LogP contribution is 2.25. The second kappa shape index (κ2) is 3.29. The molecule has 1 heterocycles. The Kier molecular flexibility index (Phi) is 2.12. The Morgan fingerprint density at radius 3 is 2.21 bits per heavy atom. The summed E-state index contributed by atoms with van der Waals surface area (Å²) in [6.07, 6.45) is 1.83. The van der Waals surface area contributed by atoms with Gasteiger partial charge in [0.15, 0.2) is 0 Å². The van der Waals surface area contributed by atoms with E-state index in [-0.39, 0.29) is 0 Å². The molecule has 0 amide bonds. The van der Waals surface area contributed by atoms with Crippen molar-refractivity contribution in [2.24, 2.45) is 7.05 Å². The van der Waals surface area contributed by atoms with Crippen LogP contribution in [0.3, 0.4) is 0 Å². The summed E-state index contributed by atoms with van der Waals surface area (Å²) in [6, 6.07) is 8.41. The molecule has 1 aromatic carbocycles. The Balaban J connectivity index is 2.68. The van der Waals surface area contributed by atoms with Gasteiger partial charge in [-0.05, 0) is 31.0 Å². The number of aryl methyl sites for hydroxylation is 3. The maximum atomic E-state index is 4.19. The lowest BCUT2D eigenvalue weighted by atomic mass is 10.0. The number of aromatic nitrogens is 2. The van der Waals surface area contributed by atoms with Crippen LogP contribution in [0.4, 0.5) is 0 Å². The fourth-order valence-corrected chi connectivity index (χ4v) is 1.84. The molecule has 0 bridgehead atoms. The highest BCUT2D eigenvalue weighted by atomic mass is 15.3. The summed E-state index contributed by atoms with van der Waals surface area (Å²) in [6.45, 7) is 4.27. The monoisotopic (exact) mass is 186 g/mol. The van der Waals surface area contributed by atoms with E-state index in [1.54, 1.807) is 0 Å². The van der Waals surface area contributed by atoms with Gasteiger partial charge >= 0.3 is 0 Å². The third kappa shape index (κ3) is 1.33. The molecule has 14 heavy (non-hydrogen) atoms. The average molecular weight is 186 g/mol. The summed E-state index contributed by atoms with van der Waals surface area (Å²) in [7, 11) is 1.97. The van der Waals surface area contributed by atoms with E-state index in [4.69, 9.17) is 0 Å². The predicted molar refractivity (Wildman–Crippen MR) is 58.1 cm³/mol. The predicted octanol–water partition coefficient (Wildman–Crippen LogP) is 2.70. The topological polar surface area (TPSA) is 17.8 Å². The van der Waals surface area contributed by atoms with Gasteiger partial charge in [0.05, 0.1) is 5.69 Å². The van der Waals surface area contributed by atoms with E-state index in [1.165, 1.54) is 22.4 Å². The SMILES string of the molecule is Cc1cccc(C)c1-c1ccnn1C. The van der Waals surface area contributed by atoms with Crippen LogP contribution in [0.15, 0.2) is 30.5 Å². The van der Waals surface area contributed by atoms with Crippen molar-refractivity contribution in [2.45, 2.75) is 13.8 Å². The second-order valence-corrected chi connectivity index (χ2v) is 3.61. The van der Waals surface area contributed by atoms with Gasteiger partial charge in [0.25, 0.3) is 0 Å². The van der Waals surface area contributed by atoms with E-state index in [0.29, 0.717) is 0 Å². The first-order chi connectivity index (χ1) is 6.70. The van der Waals surface area contributed by atoms with E-state index >= 15 is 0 Å². The van der Waals surface area contributed by atoms with Crippen LogP contribution in [0.25, 0.3) is 11.3 Å². The second-order valence-electron chi connectivity index (χ2n) is 3.61. The fourth-order valence-electron chi connectivity index (χ4n) is 1.84. The van der Waals surface area contributed by atoms with Crippen LogP contribution in [-0.4, -0.2) is 9.78 Å². The van der Waals surface area contributed by atoms with Gasteiger partial charge in [0, 0.05) is 18.8 Å². The highest BCUT2D eigenvalue weighted by molar-refractivity contribution is 5.67. The van der Waals surface area contributed by atoms with Gasteiger partial charge < -0.3 is 0 Å². The summed E-state index contributed by atoms with van der Waals surface area (Å²) in [5, 5.41) is 4.19. The Morgan fingerprint density at radius 2 is 1.71 bits per heavy atom. The fraction of sp³-hybridized carbons (Fsp3) is 0.250. The molecule has 0 aliphatic carbocycles. The lowest BCUT2D eigenvalue weighted by Crippen LogP contribution is -1.96. The molecule has 0 saturated carbocycles. The highest BCUT2D eigenvalue weighted by Gasteiger charge is 2.07. The van der Waals surface area contributed by atoms with Crippen LogP contribution in [0.5, 0.6) is 0 Å². The van der Waals surface area contributed by atoms with E-state index in [9.17, 15) is 0 Å². The van der Waals surface area contributed by atoms with E-state index in [2.05, 4.69) is 43.2 Å². The maximum absolute atomic E-state index is 4.19. The van der Waals surface area contributed by atoms with Crippen molar-refractivity contribution in [3.05, 3.63) is 41.6 Å². The molecule has 0 aliphatic heterocycles. The molecule has 72 valence electrons. The molecule has 2 aromatic rings. The quantitative estimate of drug-likeness (QED) is 0.669. The number of hydrogen-bond acceptors (Lipinski definition) is 1. The number of rotatable bonds is 1. The molecular weight excluding hydrogens is 172 g/mol. The summed E-state index contributed by atoms with van der Waals surface area (Å²) in [5.74, 6) is 0. The smallest absolute Gasteiger partial charge is 0.0684 e. The summed E-state index contributed by atoms with van der Waals surface area (Å²) >= 11 is 0. The zero-order chi connectivity index (χ0) is 10.1. The van der Waals surface area contributed by atoms with Crippen molar-refractivity contribution in [1.82, 2.24) is 9.78 Å². The largest absolute Gasteiger partial charge is 0.268 e. The van der Waals surface area contributed by atoms with Crippen LogP contribution in [0.2, 0.25) is 0 Å². The van der Waals surface area contributed by atoms with Crippen molar-refractivity contribution in [1.29, 1.82) is 0 Å². The third-order valence-corrected chi connectivity index (χ3v) is 2.56. The number of hydrogen-bond donors (Lipinski definition) is 0. The van der Waals surface area contributed by atoms with E-state index < -0.39 is 0 Å². The van der Waals surface area contributed by atoms with Gasteiger partial charge in [-0.2, -0.15) is 5.10 Å². The van der Waals surface area contributed by atoms with Crippen molar-refractivity contribution in [2.75, 3.05) is 0 Å². The zero-order valence-corrected chi connectivity index (χ0v) is 8.78. The molecule has 0 aliphatic rings. The van der Waals surface area contributed by atoms with E-state index in [1.807, 2.05) is 17.9 Å². The van der Waals surface area contributed by atoms with Crippen molar-refractivity contribution >= 4 is 0 Å². The zero-order valence-electron chi connectivity index (χ0n) is 8.78. The number of benzene rings is 1. The summed E-state index contributed by atoms with van der Waals surface area (Å²) < 4.78 is 1.91. The minimum Gasteiger partial charge on any atom is -0.268 e. The first-order valence-corrected chi connectivity index (χ1v) is 4.75. The molecule has 0 atom stereocenters. The molecule has 2 heteroatoms. The molecule has 0 unspecified atom stereocenters. The Hall–Kier alpha value is -1.57. The molecule has 0 N–H and O–H groups in total. The van der Waals surface area contributed by atoms with Gasteiger partial charge in [-0.15, -0.1) is 0 Å². The Morgan fingerprint density at radius 1 is 1.07 bits per heavy atom. The molecule has 0 spiro atoms. The van der Waals surface area contributed by atoms with Crippen molar-refractivity contribution in [3.63, 3.8) is 0 Å². The standard InChI is InChI=1S/C12H14N2/c1-9-5-4-6-10(2)12(9)11-7-8-13-14(11)3/h4-8H,1-3H3. The van der Waals surface area contributed by atoms with Crippen LogP contribution in [0, 0.1) is 13.8 Å². The van der Waals surface area contributed by atoms with Gasteiger partial charge in [0.2, 0.25) is 0 Å². The van der Waals surface area contributed by atoms with Gasteiger partial charge in [0.1, 0.15) is 0 Å². The molecule has 2 rings (SSSR count). The van der Waals surface area contributed by atoms with E-state index in [0.717, 1.165) is 0 Å². The normalized spacial score (nSPS) is 10.5. The van der Waals surface area contributed by atoms with Gasteiger partial charge in [-0.25, -0.2) is 0 Å². The molecule has 0 fully saturated rings. The lowest BCUT2D eigenvalue weighted by Gasteiger charge is -2.09. The van der Waals surface area contributed by atoms with Crippen LogP contribution < -0.4 is 0 Å². The molecule has 2 nitrogen and oxygen atoms in total. The van der Waals surface area contributed by atoms with Crippen LogP contribution in [-0.2, 0) is 7.05 Å². The maximum Gasteiger partial charge on any atom is 0.0684 e. The van der Waals surface area contributed by atoms with Crippen molar-refractivity contribution < 1.29 is 0 Å². The minimum atomic E-state index is 1.18. The molecule has 0 radical (unpaired) electrons. The van der Waals surface area contributed by atoms with Gasteiger partial charge in [-0.1, -0.05) is 18.2 Å². The summed E-state index contributed by atoms with van der Waals surface area (Å²) in [5.41, 5.74) is 5.08. The van der Waals surface area contributed by atoms with Crippen molar-refractivity contribution in [3.8, 4) is 11.3 Å². The summed E-state index contributed by atoms with van der Waals surface area (Å²) in [4.78, 5) is 0. The first kappa shape index (κ1) is 9.00. The Labute approximate surface area is 84.2 Å². The minimum absolute atomic E-state index is 1.18. The molecule has 1 aromatic heterocycles. The third-order valence-electron chi connectivity index (χ3n) is 2.56. The average Bonchev–Trinajstić information content (AvgIpc) is 2.52.